The van der Waals surface area contributed by atoms with Gasteiger partial charge < -0.3 is 15.0 Å². The second kappa shape index (κ2) is 7.73. The summed E-state index contributed by atoms with van der Waals surface area (Å²) in [5.74, 6) is -2.89. The van der Waals surface area contributed by atoms with Gasteiger partial charge in [0.1, 0.15) is 5.82 Å². The lowest BCUT2D eigenvalue weighted by Crippen LogP contribution is -2.53. The van der Waals surface area contributed by atoms with Gasteiger partial charge in [0, 0.05) is 24.9 Å². The molecule has 7 nitrogen and oxygen atoms in total. The Kier molecular flexibility index (Phi) is 5.35. The van der Waals surface area contributed by atoms with Crippen LogP contribution in [0.2, 0.25) is 0 Å². The molecule has 3 rings (SSSR count). The van der Waals surface area contributed by atoms with Crippen LogP contribution in [0.3, 0.4) is 0 Å². The van der Waals surface area contributed by atoms with Crippen LogP contribution in [0.1, 0.15) is 18.4 Å². The van der Waals surface area contributed by atoms with Crippen molar-refractivity contribution in [1.29, 1.82) is 21.2 Å². The number of hydrogen-bond acceptors (Lipinski definition) is 6. The molecule has 2 aliphatic rings. The quantitative estimate of drug-likeness (QED) is 0.775. The minimum Gasteiger partial charge on any atom is -0.450 e. The van der Waals surface area contributed by atoms with Gasteiger partial charge in [-0.15, -0.1) is 0 Å². The van der Waals surface area contributed by atoms with E-state index in [0.29, 0.717) is 11.1 Å². The van der Waals surface area contributed by atoms with E-state index in [1.165, 1.54) is 23.1 Å². The molecule has 3 atom stereocenters. The topological polar surface area (TPSA) is 125 Å². The molecule has 1 N–H and O–H groups in total. The van der Waals surface area contributed by atoms with E-state index in [0.717, 1.165) is 0 Å². The second-order valence-corrected chi connectivity index (χ2v) is 6.94. The summed E-state index contributed by atoms with van der Waals surface area (Å²) in [6.45, 7) is 2.09. The first-order valence-electron chi connectivity index (χ1n) is 9.12. The molecule has 1 aromatic carbocycles. The van der Waals surface area contributed by atoms with Crippen molar-refractivity contribution < 1.29 is 13.9 Å². The summed E-state index contributed by atoms with van der Waals surface area (Å²) < 4.78 is 19.0. The number of halogens is 1. The van der Waals surface area contributed by atoms with Crippen molar-refractivity contribution in [3.63, 3.8) is 0 Å². The van der Waals surface area contributed by atoms with E-state index in [9.17, 15) is 25.0 Å². The number of rotatable bonds is 2. The SMILES string of the molecule is CCOC(=O)N1CC=C2[C@H](C1)[C@H](c1cccc(F)c1)[C@@H](C#N)C(=N)C2(C#N)C#N. The monoisotopic (exact) mass is 391 g/mol. The Bertz CT molecular complexity index is 999. The standard InChI is InChI=1S/C21H18FN5O2/c1-2-29-20(28)27-7-6-17-16(10-27)18(13-4-3-5-14(22)8-13)15(9-23)19(26)21(17,11-24)12-25/h3-6,8,15-16,18,26H,2,7,10H2,1H3/t15-,16+,18-/m1/s1. The van der Waals surface area contributed by atoms with E-state index >= 15 is 0 Å². The fourth-order valence-corrected chi connectivity index (χ4v) is 4.23. The Morgan fingerprint density at radius 2 is 2.10 bits per heavy atom. The molecular weight excluding hydrogens is 373 g/mol. The fraction of sp³-hybridized carbons (Fsp3) is 0.381. The van der Waals surface area contributed by atoms with Crippen molar-refractivity contribution >= 4 is 11.8 Å². The highest BCUT2D eigenvalue weighted by Crippen LogP contribution is 2.52. The third kappa shape index (κ3) is 3.11. The maximum absolute atomic E-state index is 13.9. The number of hydrogen-bond donors (Lipinski definition) is 1. The minimum atomic E-state index is -1.88. The van der Waals surface area contributed by atoms with Gasteiger partial charge >= 0.3 is 6.09 Å². The van der Waals surface area contributed by atoms with E-state index in [1.54, 1.807) is 19.1 Å². The summed E-state index contributed by atoms with van der Waals surface area (Å²) in [6, 6.07) is 11.6. The molecular formula is C21H18FN5O2. The first-order valence-corrected chi connectivity index (χ1v) is 9.12. The number of nitriles is 3. The summed E-state index contributed by atoms with van der Waals surface area (Å²) in [6.07, 6.45) is 1.04. The van der Waals surface area contributed by atoms with E-state index in [1.807, 2.05) is 18.2 Å². The average Bonchev–Trinajstić information content (AvgIpc) is 2.73. The highest BCUT2D eigenvalue weighted by molar-refractivity contribution is 6.01. The highest BCUT2D eigenvalue weighted by Gasteiger charge is 2.56. The molecule has 1 amide bonds. The lowest BCUT2D eigenvalue weighted by atomic mass is 9.55. The molecule has 0 aromatic heterocycles. The fourth-order valence-electron chi connectivity index (χ4n) is 4.23. The third-order valence-electron chi connectivity index (χ3n) is 5.52. The largest absolute Gasteiger partial charge is 0.450 e. The van der Waals surface area contributed by atoms with Gasteiger partial charge in [0.25, 0.3) is 0 Å². The van der Waals surface area contributed by atoms with Crippen molar-refractivity contribution in [2.75, 3.05) is 19.7 Å². The second-order valence-electron chi connectivity index (χ2n) is 6.94. The average molecular weight is 391 g/mol. The summed E-state index contributed by atoms with van der Waals surface area (Å²) in [5, 5.41) is 37.9. The summed E-state index contributed by atoms with van der Waals surface area (Å²) in [5.41, 5.74) is -1.33. The van der Waals surface area contributed by atoms with E-state index in [-0.39, 0.29) is 25.4 Å². The van der Waals surface area contributed by atoms with Gasteiger partial charge in [-0.1, -0.05) is 18.2 Å². The summed E-state index contributed by atoms with van der Waals surface area (Å²) >= 11 is 0. The first kappa shape index (κ1) is 20.0. The molecule has 1 aliphatic carbocycles. The maximum atomic E-state index is 13.9. The van der Waals surface area contributed by atoms with Crippen LogP contribution in [-0.2, 0) is 4.74 Å². The van der Waals surface area contributed by atoms with Crippen molar-refractivity contribution in [2.24, 2.45) is 17.3 Å². The number of amides is 1. The third-order valence-corrected chi connectivity index (χ3v) is 5.52. The Morgan fingerprint density at radius 1 is 1.38 bits per heavy atom. The lowest BCUT2D eigenvalue weighted by molar-refractivity contribution is 0.0998. The molecule has 1 heterocycles. The van der Waals surface area contributed by atoms with Crippen LogP contribution in [0, 0.1) is 62.5 Å². The molecule has 0 spiro atoms. The number of ether oxygens (including phenoxy) is 1. The first-order chi connectivity index (χ1) is 13.9. The molecule has 0 bridgehead atoms. The van der Waals surface area contributed by atoms with Crippen LogP contribution >= 0.6 is 0 Å². The number of carbonyl (C=O) groups is 1. The zero-order chi connectivity index (χ0) is 21.2. The molecule has 1 saturated carbocycles. The van der Waals surface area contributed by atoms with Crippen LogP contribution in [-0.4, -0.2) is 36.4 Å². The number of carbonyl (C=O) groups excluding carboxylic acids is 1. The van der Waals surface area contributed by atoms with Gasteiger partial charge in [-0.3, -0.25) is 0 Å². The van der Waals surface area contributed by atoms with Crippen molar-refractivity contribution in [3.05, 3.63) is 47.3 Å². The van der Waals surface area contributed by atoms with Gasteiger partial charge in [-0.2, -0.15) is 15.8 Å². The van der Waals surface area contributed by atoms with E-state index < -0.39 is 35.1 Å². The summed E-state index contributed by atoms with van der Waals surface area (Å²) in [4.78, 5) is 13.7. The molecule has 0 unspecified atom stereocenters. The van der Waals surface area contributed by atoms with Gasteiger partial charge in [0.05, 0.1) is 36.4 Å². The molecule has 1 aromatic rings. The number of nitrogens with one attached hydrogen (secondary N) is 1. The van der Waals surface area contributed by atoms with Crippen LogP contribution in [0.25, 0.3) is 0 Å². The Balaban J connectivity index is 2.18. The van der Waals surface area contributed by atoms with Gasteiger partial charge in [-0.25, -0.2) is 9.18 Å². The Morgan fingerprint density at radius 3 is 2.69 bits per heavy atom. The predicted molar refractivity (Wildman–Crippen MR) is 99.8 cm³/mol. The maximum Gasteiger partial charge on any atom is 0.410 e. The predicted octanol–water partition coefficient (Wildman–Crippen LogP) is 3.13. The molecule has 0 saturated heterocycles. The van der Waals surface area contributed by atoms with Crippen molar-refractivity contribution in [2.45, 2.75) is 12.8 Å². The smallest absolute Gasteiger partial charge is 0.410 e. The normalized spacial score (nSPS) is 24.9. The minimum absolute atomic E-state index is 0.0996. The van der Waals surface area contributed by atoms with Gasteiger partial charge in [-0.05, 0) is 30.2 Å². The molecule has 146 valence electrons. The van der Waals surface area contributed by atoms with E-state index in [2.05, 4.69) is 0 Å². The van der Waals surface area contributed by atoms with Crippen molar-refractivity contribution in [1.82, 2.24) is 4.90 Å². The van der Waals surface area contributed by atoms with Crippen LogP contribution in [0.15, 0.2) is 35.9 Å². The summed E-state index contributed by atoms with van der Waals surface area (Å²) in [7, 11) is 0. The van der Waals surface area contributed by atoms with Gasteiger partial charge in [0.2, 0.25) is 5.41 Å². The zero-order valence-electron chi connectivity index (χ0n) is 15.7. The number of nitrogens with zero attached hydrogens (tertiary/aromatic N) is 4. The molecule has 0 radical (unpaired) electrons. The molecule has 29 heavy (non-hydrogen) atoms. The van der Waals surface area contributed by atoms with Crippen LogP contribution in [0.5, 0.6) is 0 Å². The highest BCUT2D eigenvalue weighted by atomic mass is 19.1. The number of benzene rings is 1. The Hall–Kier alpha value is -3.70. The van der Waals surface area contributed by atoms with Gasteiger partial charge in [0.15, 0.2) is 0 Å². The van der Waals surface area contributed by atoms with Crippen molar-refractivity contribution in [3.8, 4) is 18.2 Å². The zero-order valence-corrected chi connectivity index (χ0v) is 15.7. The van der Waals surface area contributed by atoms with E-state index in [4.69, 9.17) is 10.1 Å². The van der Waals surface area contributed by atoms with Crippen LogP contribution in [0.4, 0.5) is 9.18 Å². The lowest BCUT2D eigenvalue weighted by Gasteiger charge is -2.47. The molecule has 1 fully saturated rings. The molecule has 8 heteroatoms. The van der Waals surface area contributed by atoms with Crippen LogP contribution < -0.4 is 0 Å². The Labute approximate surface area is 167 Å². The molecule has 1 aliphatic heterocycles. The number of fused-ring (bicyclic) bond motifs is 1.